The molecule has 1 aromatic carbocycles. The van der Waals surface area contributed by atoms with Gasteiger partial charge in [0.2, 0.25) is 0 Å². The molecular formula is C9H7F3N2O. The molecule has 0 aliphatic carbocycles. The highest BCUT2D eigenvalue weighted by Crippen LogP contribution is 2.32. The first kappa shape index (κ1) is 9.82. The molecule has 0 spiro atoms. The average Bonchev–Trinajstić information content (AvgIpc) is 2.15. The summed E-state index contributed by atoms with van der Waals surface area (Å²) in [6, 6.07) is 2.80. The van der Waals surface area contributed by atoms with Gasteiger partial charge in [-0.15, -0.1) is 0 Å². The molecule has 1 aliphatic heterocycles. The van der Waals surface area contributed by atoms with Crippen LogP contribution >= 0.6 is 0 Å². The van der Waals surface area contributed by atoms with Crippen molar-refractivity contribution >= 4 is 11.7 Å². The van der Waals surface area contributed by atoms with Crippen LogP contribution in [0.3, 0.4) is 0 Å². The average molecular weight is 216 g/mol. The van der Waals surface area contributed by atoms with Gasteiger partial charge in [0.05, 0.1) is 5.56 Å². The molecule has 1 aromatic rings. The summed E-state index contributed by atoms with van der Waals surface area (Å²) in [7, 11) is 0. The van der Waals surface area contributed by atoms with E-state index in [1.54, 1.807) is 0 Å². The summed E-state index contributed by atoms with van der Waals surface area (Å²) in [6.45, 7) is 0.249. The number of hydrogen-bond acceptors (Lipinski definition) is 1. The Hall–Kier alpha value is -1.72. The smallest absolute Gasteiger partial charge is 0.334 e. The number of rotatable bonds is 0. The van der Waals surface area contributed by atoms with Crippen molar-refractivity contribution in [3.63, 3.8) is 0 Å². The van der Waals surface area contributed by atoms with Crippen LogP contribution in [0.4, 0.5) is 23.7 Å². The van der Waals surface area contributed by atoms with Crippen molar-refractivity contribution in [2.45, 2.75) is 12.7 Å². The Kier molecular flexibility index (Phi) is 2.06. The van der Waals surface area contributed by atoms with Gasteiger partial charge in [-0.25, -0.2) is 4.79 Å². The summed E-state index contributed by atoms with van der Waals surface area (Å²) in [5, 5.41) is 4.79. The molecule has 0 bridgehead atoms. The Balaban J connectivity index is 2.41. The van der Waals surface area contributed by atoms with Gasteiger partial charge in [-0.1, -0.05) is 6.07 Å². The molecule has 6 heteroatoms. The third kappa shape index (κ3) is 1.88. The van der Waals surface area contributed by atoms with E-state index in [1.807, 2.05) is 0 Å². The van der Waals surface area contributed by atoms with E-state index in [9.17, 15) is 18.0 Å². The summed E-state index contributed by atoms with van der Waals surface area (Å²) < 4.78 is 37.0. The molecule has 0 fully saturated rings. The van der Waals surface area contributed by atoms with Crippen LogP contribution in [0.15, 0.2) is 18.2 Å². The largest absolute Gasteiger partial charge is 0.416 e. The van der Waals surface area contributed by atoms with Crippen molar-refractivity contribution in [2.24, 2.45) is 0 Å². The van der Waals surface area contributed by atoms with Crippen molar-refractivity contribution in [3.05, 3.63) is 29.3 Å². The third-order valence-electron chi connectivity index (χ3n) is 2.12. The van der Waals surface area contributed by atoms with Gasteiger partial charge in [0.25, 0.3) is 0 Å². The van der Waals surface area contributed by atoms with E-state index < -0.39 is 17.8 Å². The van der Waals surface area contributed by atoms with Crippen LogP contribution in [0.2, 0.25) is 0 Å². The predicted octanol–water partition coefficient (Wildman–Crippen LogP) is 2.34. The zero-order chi connectivity index (χ0) is 11.1. The van der Waals surface area contributed by atoms with Gasteiger partial charge in [0, 0.05) is 12.2 Å². The molecule has 2 N–H and O–H groups in total. The number of carbonyl (C=O) groups excluding carboxylic acids is 1. The lowest BCUT2D eigenvalue weighted by atomic mass is 10.1. The Labute approximate surface area is 83.3 Å². The molecule has 2 rings (SSSR count). The lowest BCUT2D eigenvalue weighted by molar-refractivity contribution is -0.137. The van der Waals surface area contributed by atoms with Crippen LogP contribution in [-0.2, 0) is 12.7 Å². The van der Waals surface area contributed by atoms with Gasteiger partial charge in [-0.3, -0.25) is 0 Å². The molecule has 15 heavy (non-hydrogen) atoms. The molecule has 1 aliphatic rings. The molecule has 0 atom stereocenters. The third-order valence-corrected chi connectivity index (χ3v) is 2.12. The SMILES string of the molecule is O=C1NCc2ccc(C(F)(F)F)cc2N1. The van der Waals surface area contributed by atoms with E-state index in [4.69, 9.17) is 0 Å². The second-order valence-electron chi connectivity index (χ2n) is 3.18. The lowest BCUT2D eigenvalue weighted by Gasteiger charge is -2.19. The van der Waals surface area contributed by atoms with Crippen LogP contribution in [0.5, 0.6) is 0 Å². The van der Waals surface area contributed by atoms with Gasteiger partial charge < -0.3 is 10.6 Å². The normalized spacial score (nSPS) is 15.3. The molecule has 0 radical (unpaired) electrons. The minimum Gasteiger partial charge on any atom is -0.334 e. The Morgan fingerprint density at radius 3 is 2.67 bits per heavy atom. The molecule has 3 nitrogen and oxygen atoms in total. The summed E-state index contributed by atoms with van der Waals surface area (Å²) in [5.41, 5.74) is 0.0969. The molecule has 80 valence electrons. The number of anilines is 1. The molecule has 0 unspecified atom stereocenters. The highest BCUT2D eigenvalue weighted by atomic mass is 19.4. The van der Waals surface area contributed by atoms with Crippen LogP contribution in [0, 0.1) is 0 Å². The number of fused-ring (bicyclic) bond motifs is 1. The quantitative estimate of drug-likeness (QED) is 0.686. The van der Waals surface area contributed by atoms with Gasteiger partial charge in [-0.05, 0) is 17.7 Å². The van der Waals surface area contributed by atoms with Crippen LogP contribution in [0.25, 0.3) is 0 Å². The molecule has 2 amide bonds. The second kappa shape index (κ2) is 3.15. The highest BCUT2D eigenvalue weighted by molar-refractivity contribution is 5.92. The van der Waals surface area contributed by atoms with Gasteiger partial charge in [0.1, 0.15) is 0 Å². The predicted molar refractivity (Wildman–Crippen MR) is 47.3 cm³/mol. The van der Waals surface area contributed by atoms with Crippen LogP contribution in [0.1, 0.15) is 11.1 Å². The Morgan fingerprint density at radius 1 is 1.27 bits per heavy atom. The summed E-state index contributed by atoms with van der Waals surface area (Å²) in [4.78, 5) is 10.9. The highest BCUT2D eigenvalue weighted by Gasteiger charge is 2.31. The number of carbonyl (C=O) groups is 1. The van der Waals surface area contributed by atoms with Crippen LogP contribution in [-0.4, -0.2) is 6.03 Å². The van der Waals surface area contributed by atoms with Crippen molar-refractivity contribution in [1.82, 2.24) is 5.32 Å². The topological polar surface area (TPSA) is 41.1 Å². The first-order valence-electron chi connectivity index (χ1n) is 4.22. The zero-order valence-corrected chi connectivity index (χ0v) is 7.48. The number of urea groups is 1. The Morgan fingerprint density at radius 2 is 2.00 bits per heavy atom. The summed E-state index contributed by atoms with van der Waals surface area (Å²) in [6.07, 6.45) is -4.38. The molecule has 0 aromatic heterocycles. The monoisotopic (exact) mass is 216 g/mol. The zero-order valence-electron chi connectivity index (χ0n) is 7.48. The van der Waals surface area contributed by atoms with Crippen molar-refractivity contribution in [1.29, 1.82) is 0 Å². The maximum Gasteiger partial charge on any atom is 0.416 e. The van der Waals surface area contributed by atoms with Crippen molar-refractivity contribution < 1.29 is 18.0 Å². The Bertz CT molecular complexity index is 414. The number of amides is 2. The molecule has 0 saturated heterocycles. The first-order chi connectivity index (χ1) is 6.97. The van der Waals surface area contributed by atoms with E-state index >= 15 is 0 Å². The summed E-state index contributed by atoms with van der Waals surface area (Å²) in [5.74, 6) is 0. The second-order valence-corrected chi connectivity index (χ2v) is 3.18. The van der Waals surface area contributed by atoms with E-state index in [2.05, 4.69) is 10.6 Å². The van der Waals surface area contributed by atoms with Gasteiger partial charge in [-0.2, -0.15) is 13.2 Å². The fourth-order valence-corrected chi connectivity index (χ4v) is 1.37. The van der Waals surface area contributed by atoms with Crippen molar-refractivity contribution in [2.75, 3.05) is 5.32 Å². The fourth-order valence-electron chi connectivity index (χ4n) is 1.37. The maximum atomic E-state index is 12.3. The molecule has 0 saturated carbocycles. The number of hydrogen-bond donors (Lipinski definition) is 2. The van der Waals surface area contributed by atoms with E-state index in [-0.39, 0.29) is 12.2 Å². The lowest BCUT2D eigenvalue weighted by Crippen LogP contribution is -2.33. The first-order valence-corrected chi connectivity index (χ1v) is 4.22. The van der Waals surface area contributed by atoms with Crippen LogP contribution < -0.4 is 10.6 Å². The maximum absolute atomic E-state index is 12.3. The number of benzene rings is 1. The number of halogens is 3. The molecule has 1 heterocycles. The molecular weight excluding hydrogens is 209 g/mol. The van der Waals surface area contributed by atoms with E-state index in [1.165, 1.54) is 6.07 Å². The minimum atomic E-state index is -4.38. The summed E-state index contributed by atoms with van der Waals surface area (Å²) >= 11 is 0. The van der Waals surface area contributed by atoms with Gasteiger partial charge in [0.15, 0.2) is 0 Å². The number of nitrogens with one attached hydrogen (secondary N) is 2. The standard InChI is InChI=1S/C9H7F3N2O/c10-9(11,12)6-2-1-5-4-13-8(15)14-7(5)3-6/h1-3H,4H2,(H2,13,14,15). The van der Waals surface area contributed by atoms with Gasteiger partial charge >= 0.3 is 12.2 Å². The minimum absolute atomic E-state index is 0.216. The van der Waals surface area contributed by atoms with Crippen molar-refractivity contribution in [3.8, 4) is 0 Å². The number of alkyl halides is 3. The van der Waals surface area contributed by atoms with E-state index in [0.29, 0.717) is 5.56 Å². The fraction of sp³-hybridized carbons (Fsp3) is 0.222. The van der Waals surface area contributed by atoms with E-state index in [0.717, 1.165) is 12.1 Å².